The zero-order chi connectivity index (χ0) is 30.0. The SMILES string of the molecule is CCC(O)(CC(=O)O)C(=O)O.O=C(/C=C/c1ccc(F)cc1)Cc1ccc(Nc2ccnc3cc(Cl)ccc23)cc1. The second kappa shape index (κ2) is 14.2. The van der Waals surface area contributed by atoms with Crippen LogP contribution < -0.4 is 5.32 Å². The number of nitrogens with one attached hydrogen (secondary N) is 1. The van der Waals surface area contributed by atoms with Gasteiger partial charge in [0.25, 0.3) is 0 Å². The minimum absolute atomic E-state index is 0.0166. The highest BCUT2D eigenvalue weighted by Gasteiger charge is 2.36. The van der Waals surface area contributed by atoms with E-state index in [1.54, 1.807) is 24.4 Å². The first-order chi connectivity index (χ1) is 19.5. The lowest BCUT2D eigenvalue weighted by Gasteiger charge is -2.18. The molecule has 0 bridgehead atoms. The summed E-state index contributed by atoms with van der Waals surface area (Å²) in [6.07, 6.45) is 4.37. The molecule has 0 aliphatic carbocycles. The van der Waals surface area contributed by atoms with Gasteiger partial charge in [0.2, 0.25) is 0 Å². The lowest BCUT2D eigenvalue weighted by atomic mass is 9.97. The van der Waals surface area contributed by atoms with E-state index in [0.29, 0.717) is 11.4 Å². The van der Waals surface area contributed by atoms with Gasteiger partial charge in [0.05, 0.1) is 11.9 Å². The summed E-state index contributed by atoms with van der Waals surface area (Å²) in [5.74, 6) is -3.13. The number of fused-ring (bicyclic) bond motifs is 1. The Morgan fingerprint density at radius 2 is 1.68 bits per heavy atom. The van der Waals surface area contributed by atoms with Crippen LogP contribution in [0.5, 0.6) is 0 Å². The standard InChI is InChI=1S/C25H18ClFN2O.C6H10O5/c26-19-6-12-23-24(13-14-28-25(23)16-19)29-21-9-3-18(4-10-21)15-22(30)11-5-17-1-7-20(27)8-2-17;1-2-6(11,5(9)10)3-4(7)8/h1-14,16H,15H2,(H,28,29);11H,2-3H2,1H3,(H,7,8)(H,9,10)/b11-5+;. The third-order valence-corrected chi connectivity index (χ3v) is 6.31. The Hall–Kier alpha value is -4.60. The number of anilines is 2. The first-order valence-corrected chi connectivity index (χ1v) is 12.9. The van der Waals surface area contributed by atoms with Crippen LogP contribution >= 0.6 is 11.6 Å². The van der Waals surface area contributed by atoms with Crippen molar-refractivity contribution in [1.29, 1.82) is 0 Å². The van der Waals surface area contributed by atoms with Gasteiger partial charge in [-0.05, 0) is 72.2 Å². The molecule has 0 saturated carbocycles. The molecule has 1 atom stereocenters. The van der Waals surface area contributed by atoms with Crippen LogP contribution in [0.25, 0.3) is 17.0 Å². The van der Waals surface area contributed by atoms with Crippen molar-refractivity contribution in [3.05, 3.63) is 107 Å². The normalized spacial score (nSPS) is 12.3. The number of rotatable bonds is 10. The van der Waals surface area contributed by atoms with E-state index in [2.05, 4.69) is 10.3 Å². The number of carbonyl (C=O) groups excluding carboxylic acids is 1. The topological polar surface area (TPSA) is 137 Å². The minimum atomic E-state index is -2.12. The molecule has 1 heterocycles. The number of carboxylic acid groups (broad SMARTS) is 2. The predicted octanol–water partition coefficient (Wildman–Crippen LogP) is 6.28. The number of nitrogens with zero attached hydrogens (tertiary/aromatic N) is 1. The Bertz CT molecular complexity index is 1560. The molecule has 0 aliphatic heterocycles. The molecule has 212 valence electrons. The van der Waals surface area contributed by atoms with E-state index in [9.17, 15) is 18.8 Å². The van der Waals surface area contributed by atoms with Crippen LogP contribution in [-0.2, 0) is 20.8 Å². The summed E-state index contributed by atoms with van der Waals surface area (Å²) < 4.78 is 12.9. The quantitative estimate of drug-likeness (QED) is 0.161. The summed E-state index contributed by atoms with van der Waals surface area (Å²) in [7, 11) is 0. The lowest BCUT2D eigenvalue weighted by Crippen LogP contribution is -2.39. The monoisotopic (exact) mass is 578 g/mol. The molecule has 0 amide bonds. The fraction of sp³-hybridized carbons (Fsp3) is 0.161. The number of pyridine rings is 1. The molecule has 1 aromatic heterocycles. The average molecular weight is 579 g/mol. The number of allylic oxidation sites excluding steroid dienone is 1. The van der Waals surface area contributed by atoms with E-state index < -0.39 is 24.0 Å². The maximum Gasteiger partial charge on any atom is 0.336 e. The molecule has 1 unspecified atom stereocenters. The Kier molecular flexibility index (Phi) is 10.7. The van der Waals surface area contributed by atoms with Crippen molar-refractivity contribution in [2.45, 2.75) is 31.8 Å². The molecule has 4 N–H and O–H groups in total. The van der Waals surface area contributed by atoms with E-state index in [4.69, 9.17) is 26.9 Å². The number of aliphatic hydroxyl groups is 1. The highest BCUT2D eigenvalue weighted by atomic mass is 35.5. The number of hydrogen-bond acceptors (Lipinski definition) is 6. The van der Waals surface area contributed by atoms with Gasteiger partial charge in [-0.3, -0.25) is 14.6 Å². The van der Waals surface area contributed by atoms with Gasteiger partial charge in [-0.15, -0.1) is 0 Å². The van der Waals surface area contributed by atoms with Crippen LogP contribution in [0.2, 0.25) is 5.02 Å². The number of aliphatic carboxylic acids is 2. The minimum Gasteiger partial charge on any atom is -0.481 e. The second-order valence-electron chi connectivity index (χ2n) is 9.13. The highest BCUT2D eigenvalue weighted by Crippen LogP contribution is 2.27. The van der Waals surface area contributed by atoms with Gasteiger partial charge in [-0.2, -0.15) is 0 Å². The zero-order valence-electron chi connectivity index (χ0n) is 22.1. The van der Waals surface area contributed by atoms with Crippen molar-refractivity contribution in [3.63, 3.8) is 0 Å². The summed E-state index contributed by atoms with van der Waals surface area (Å²) in [5, 5.41) is 30.7. The van der Waals surface area contributed by atoms with Crippen LogP contribution in [0.1, 0.15) is 30.9 Å². The summed E-state index contributed by atoms with van der Waals surface area (Å²) in [6, 6.07) is 21.3. The molecule has 4 rings (SSSR count). The van der Waals surface area contributed by atoms with Crippen molar-refractivity contribution < 1.29 is 34.1 Å². The molecule has 0 spiro atoms. The summed E-state index contributed by atoms with van der Waals surface area (Å²) in [6.45, 7) is 1.41. The third kappa shape index (κ3) is 9.23. The van der Waals surface area contributed by atoms with Crippen LogP contribution in [0, 0.1) is 5.82 Å². The predicted molar refractivity (Wildman–Crippen MR) is 156 cm³/mol. The lowest BCUT2D eigenvalue weighted by molar-refractivity contribution is -0.165. The molecule has 0 radical (unpaired) electrons. The molecule has 0 saturated heterocycles. The van der Waals surface area contributed by atoms with E-state index in [1.807, 2.05) is 48.5 Å². The summed E-state index contributed by atoms with van der Waals surface area (Å²) in [5.41, 5.74) is 2.25. The van der Waals surface area contributed by atoms with Gasteiger partial charge in [-0.25, -0.2) is 9.18 Å². The first kappa shape index (κ1) is 30.9. The number of carbonyl (C=O) groups is 3. The van der Waals surface area contributed by atoms with E-state index in [-0.39, 0.29) is 18.0 Å². The highest BCUT2D eigenvalue weighted by molar-refractivity contribution is 6.31. The van der Waals surface area contributed by atoms with Gasteiger partial charge in [0.15, 0.2) is 11.4 Å². The maximum atomic E-state index is 12.9. The summed E-state index contributed by atoms with van der Waals surface area (Å²) >= 11 is 6.05. The number of halogens is 2. The smallest absolute Gasteiger partial charge is 0.336 e. The molecule has 3 aromatic carbocycles. The Morgan fingerprint density at radius 1 is 1.00 bits per heavy atom. The molecule has 0 fully saturated rings. The first-order valence-electron chi connectivity index (χ1n) is 12.5. The molecule has 10 heteroatoms. The third-order valence-electron chi connectivity index (χ3n) is 6.07. The number of ketones is 1. The van der Waals surface area contributed by atoms with Gasteiger partial charge in [0, 0.05) is 34.4 Å². The maximum absolute atomic E-state index is 12.9. The Balaban J connectivity index is 0.000000358. The molecular weight excluding hydrogens is 551 g/mol. The zero-order valence-corrected chi connectivity index (χ0v) is 22.8. The second-order valence-corrected chi connectivity index (χ2v) is 9.57. The average Bonchev–Trinajstić information content (AvgIpc) is 2.93. The van der Waals surface area contributed by atoms with Crippen LogP contribution in [0.4, 0.5) is 15.8 Å². The van der Waals surface area contributed by atoms with Crippen molar-refractivity contribution >= 4 is 57.7 Å². The molecule has 8 nitrogen and oxygen atoms in total. The van der Waals surface area contributed by atoms with Crippen molar-refractivity contribution in [2.24, 2.45) is 0 Å². The fourth-order valence-corrected chi connectivity index (χ4v) is 3.88. The van der Waals surface area contributed by atoms with Gasteiger partial charge in [-0.1, -0.05) is 48.9 Å². The molecular formula is C31H28ClFN2O6. The van der Waals surface area contributed by atoms with Gasteiger partial charge >= 0.3 is 11.9 Å². The van der Waals surface area contributed by atoms with E-state index in [0.717, 1.165) is 33.4 Å². The van der Waals surface area contributed by atoms with Gasteiger partial charge < -0.3 is 20.6 Å². The van der Waals surface area contributed by atoms with Crippen molar-refractivity contribution in [2.75, 3.05) is 5.32 Å². The Morgan fingerprint density at radius 3 is 2.27 bits per heavy atom. The van der Waals surface area contributed by atoms with Gasteiger partial charge in [0.1, 0.15) is 5.82 Å². The molecule has 0 aliphatic rings. The van der Waals surface area contributed by atoms with Crippen LogP contribution in [0.3, 0.4) is 0 Å². The fourth-order valence-electron chi connectivity index (χ4n) is 3.72. The summed E-state index contributed by atoms with van der Waals surface area (Å²) in [4.78, 5) is 36.9. The van der Waals surface area contributed by atoms with Crippen molar-refractivity contribution in [3.8, 4) is 0 Å². The largest absolute Gasteiger partial charge is 0.481 e. The molecule has 41 heavy (non-hydrogen) atoms. The van der Waals surface area contributed by atoms with Crippen LogP contribution in [0.15, 0.2) is 85.1 Å². The number of hydrogen-bond donors (Lipinski definition) is 4. The van der Waals surface area contributed by atoms with E-state index >= 15 is 0 Å². The van der Waals surface area contributed by atoms with Crippen LogP contribution in [-0.4, -0.2) is 43.6 Å². The number of carboxylic acids is 2. The number of benzene rings is 3. The van der Waals surface area contributed by atoms with E-state index in [1.165, 1.54) is 25.1 Å². The molecule has 4 aromatic rings. The number of aromatic nitrogens is 1. The Labute approximate surface area is 240 Å². The van der Waals surface area contributed by atoms with Crippen molar-refractivity contribution in [1.82, 2.24) is 4.98 Å².